The molecule has 6 nitrogen and oxygen atoms in total. The van der Waals surface area contributed by atoms with E-state index < -0.39 is 0 Å². The summed E-state index contributed by atoms with van der Waals surface area (Å²) >= 11 is 3.35. The SMILES string of the molecule is O=C(Cn1cc(NCc2ccc(Br)cn2)cn1)NC1CC1. The van der Waals surface area contributed by atoms with E-state index in [0.29, 0.717) is 12.6 Å². The molecule has 1 saturated carbocycles. The number of rotatable bonds is 6. The first-order chi connectivity index (χ1) is 10.2. The van der Waals surface area contributed by atoms with Gasteiger partial charge in [0.05, 0.1) is 24.1 Å². The van der Waals surface area contributed by atoms with Crippen molar-refractivity contribution in [1.82, 2.24) is 20.1 Å². The van der Waals surface area contributed by atoms with E-state index in [1.807, 2.05) is 18.3 Å². The Morgan fingerprint density at radius 3 is 2.95 bits per heavy atom. The molecule has 1 fully saturated rings. The van der Waals surface area contributed by atoms with E-state index >= 15 is 0 Å². The molecule has 2 aromatic heterocycles. The van der Waals surface area contributed by atoms with E-state index in [1.165, 1.54) is 0 Å². The molecule has 1 aliphatic carbocycles. The smallest absolute Gasteiger partial charge is 0.241 e. The van der Waals surface area contributed by atoms with Gasteiger partial charge in [0.2, 0.25) is 5.91 Å². The molecule has 2 aromatic rings. The Kier molecular flexibility index (Phi) is 4.19. The standard InChI is InChI=1S/C14H16BrN5O/c15-10-1-2-12(16-5-10)6-17-13-7-18-20(8-13)9-14(21)19-11-3-4-11/h1-2,5,7-8,11,17H,3-4,6,9H2,(H,19,21). The fourth-order valence-corrected chi connectivity index (χ4v) is 2.13. The van der Waals surface area contributed by atoms with E-state index in [4.69, 9.17) is 0 Å². The molecular formula is C14H16BrN5O. The van der Waals surface area contributed by atoms with Crippen molar-refractivity contribution in [3.63, 3.8) is 0 Å². The van der Waals surface area contributed by atoms with Crippen molar-refractivity contribution in [2.45, 2.75) is 32.0 Å². The molecule has 0 unspecified atom stereocenters. The van der Waals surface area contributed by atoms with Gasteiger partial charge < -0.3 is 10.6 Å². The minimum atomic E-state index is 0.0155. The molecule has 0 spiro atoms. The molecule has 0 bridgehead atoms. The van der Waals surface area contributed by atoms with E-state index in [-0.39, 0.29) is 12.5 Å². The van der Waals surface area contributed by atoms with E-state index in [2.05, 4.69) is 36.6 Å². The number of hydrogen-bond acceptors (Lipinski definition) is 4. The van der Waals surface area contributed by atoms with E-state index in [9.17, 15) is 4.79 Å². The van der Waals surface area contributed by atoms with Crippen LogP contribution in [-0.2, 0) is 17.9 Å². The Hall–Kier alpha value is -1.89. The van der Waals surface area contributed by atoms with Gasteiger partial charge in [0.15, 0.2) is 0 Å². The number of anilines is 1. The first-order valence-corrected chi connectivity index (χ1v) is 7.64. The summed E-state index contributed by atoms with van der Waals surface area (Å²) in [5.41, 5.74) is 1.82. The van der Waals surface area contributed by atoms with Crippen LogP contribution in [0.5, 0.6) is 0 Å². The summed E-state index contributed by atoms with van der Waals surface area (Å²) in [6.07, 6.45) is 7.49. The summed E-state index contributed by atoms with van der Waals surface area (Å²) in [6.45, 7) is 0.877. The average Bonchev–Trinajstić information content (AvgIpc) is 3.16. The summed E-state index contributed by atoms with van der Waals surface area (Å²) in [7, 11) is 0. The zero-order valence-electron chi connectivity index (χ0n) is 11.4. The predicted octanol–water partition coefficient (Wildman–Crippen LogP) is 1.93. The van der Waals surface area contributed by atoms with Crippen LogP contribution in [0.25, 0.3) is 0 Å². The monoisotopic (exact) mass is 349 g/mol. The molecule has 1 amide bonds. The topological polar surface area (TPSA) is 71.8 Å². The molecule has 110 valence electrons. The first-order valence-electron chi connectivity index (χ1n) is 6.85. The third-order valence-electron chi connectivity index (χ3n) is 3.14. The number of hydrogen-bond donors (Lipinski definition) is 2. The van der Waals surface area contributed by atoms with Crippen LogP contribution in [-0.4, -0.2) is 26.7 Å². The summed E-state index contributed by atoms with van der Waals surface area (Å²) in [6, 6.07) is 4.29. The number of amides is 1. The van der Waals surface area contributed by atoms with Gasteiger partial charge in [-0.15, -0.1) is 0 Å². The predicted molar refractivity (Wildman–Crippen MR) is 82.7 cm³/mol. The Morgan fingerprint density at radius 2 is 2.24 bits per heavy atom. The van der Waals surface area contributed by atoms with Crippen LogP contribution in [0.3, 0.4) is 0 Å². The van der Waals surface area contributed by atoms with Gasteiger partial charge >= 0.3 is 0 Å². The van der Waals surface area contributed by atoms with Gasteiger partial charge in [-0.3, -0.25) is 14.5 Å². The second-order valence-electron chi connectivity index (χ2n) is 5.09. The van der Waals surface area contributed by atoms with Crippen LogP contribution in [0, 0.1) is 0 Å². The number of nitrogens with zero attached hydrogens (tertiary/aromatic N) is 3. The van der Waals surface area contributed by atoms with Crippen molar-refractivity contribution >= 4 is 27.5 Å². The van der Waals surface area contributed by atoms with Gasteiger partial charge in [0.1, 0.15) is 6.54 Å². The Bertz CT molecular complexity index is 621. The minimum absolute atomic E-state index is 0.0155. The molecule has 7 heteroatoms. The van der Waals surface area contributed by atoms with Crippen molar-refractivity contribution in [3.05, 3.63) is 40.9 Å². The lowest BCUT2D eigenvalue weighted by Crippen LogP contribution is -2.29. The molecule has 0 saturated heterocycles. The minimum Gasteiger partial charge on any atom is -0.377 e. The molecule has 2 heterocycles. The largest absolute Gasteiger partial charge is 0.377 e. The third kappa shape index (κ3) is 4.29. The lowest BCUT2D eigenvalue weighted by atomic mass is 10.3. The Morgan fingerprint density at radius 1 is 1.38 bits per heavy atom. The summed E-state index contributed by atoms with van der Waals surface area (Å²) < 4.78 is 2.59. The quantitative estimate of drug-likeness (QED) is 0.835. The van der Waals surface area contributed by atoms with Crippen LogP contribution in [0.4, 0.5) is 5.69 Å². The highest BCUT2D eigenvalue weighted by Crippen LogP contribution is 2.18. The zero-order valence-corrected chi connectivity index (χ0v) is 13.0. The molecule has 1 aliphatic rings. The van der Waals surface area contributed by atoms with Crippen LogP contribution in [0.15, 0.2) is 35.2 Å². The maximum absolute atomic E-state index is 11.7. The maximum Gasteiger partial charge on any atom is 0.241 e. The number of nitrogens with one attached hydrogen (secondary N) is 2. The van der Waals surface area contributed by atoms with Crippen LogP contribution in [0.2, 0.25) is 0 Å². The average molecular weight is 350 g/mol. The third-order valence-corrected chi connectivity index (χ3v) is 3.61. The number of pyridine rings is 1. The van der Waals surface area contributed by atoms with Gasteiger partial charge in [-0.2, -0.15) is 5.10 Å². The fraction of sp³-hybridized carbons (Fsp3) is 0.357. The van der Waals surface area contributed by atoms with Crippen LogP contribution < -0.4 is 10.6 Å². The molecule has 0 aromatic carbocycles. The van der Waals surface area contributed by atoms with Gasteiger partial charge in [0, 0.05) is 22.9 Å². The van der Waals surface area contributed by atoms with Crippen molar-refractivity contribution in [2.75, 3.05) is 5.32 Å². The second kappa shape index (κ2) is 6.26. The molecule has 2 N–H and O–H groups in total. The molecule has 0 aliphatic heterocycles. The number of halogens is 1. The van der Waals surface area contributed by atoms with Gasteiger partial charge in [-0.05, 0) is 40.9 Å². The Labute approximate surface area is 131 Å². The lowest BCUT2D eigenvalue weighted by Gasteiger charge is -2.04. The second-order valence-corrected chi connectivity index (χ2v) is 6.01. The zero-order chi connectivity index (χ0) is 14.7. The van der Waals surface area contributed by atoms with Gasteiger partial charge in [-0.25, -0.2) is 0 Å². The van der Waals surface area contributed by atoms with Crippen LogP contribution >= 0.6 is 15.9 Å². The summed E-state index contributed by atoms with van der Waals surface area (Å²) in [4.78, 5) is 16.0. The van der Waals surface area contributed by atoms with Gasteiger partial charge in [-0.1, -0.05) is 0 Å². The van der Waals surface area contributed by atoms with E-state index in [1.54, 1.807) is 17.1 Å². The first kappa shape index (κ1) is 14.1. The van der Waals surface area contributed by atoms with Crippen LogP contribution in [0.1, 0.15) is 18.5 Å². The highest BCUT2D eigenvalue weighted by molar-refractivity contribution is 9.10. The lowest BCUT2D eigenvalue weighted by molar-refractivity contribution is -0.122. The number of aromatic nitrogens is 3. The summed E-state index contributed by atoms with van der Waals surface area (Å²) in [5.74, 6) is 0.0155. The Balaban J connectivity index is 1.49. The maximum atomic E-state index is 11.7. The number of carbonyl (C=O) groups excluding carboxylic acids is 1. The highest BCUT2D eigenvalue weighted by Gasteiger charge is 2.23. The molecule has 0 radical (unpaired) electrons. The van der Waals surface area contributed by atoms with Crippen molar-refractivity contribution < 1.29 is 4.79 Å². The molecule has 3 rings (SSSR count). The van der Waals surface area contributed by atoms with E-state index in [0.717, 1.165) is 28.7 Å². The van der Waals surface area contributed by atoms with Gasteiger partial charge in [0.25, 0.3) is 0 Å². The number of carbonyl (C=O) groups is 1. The highest BCUT2D eigenvalue weighted by atomic mass is 79.9. The molecule has 0 atom stereocenters. The molecular weight excluding hydrogens is 334 g/mol. The van der Waals surface area contributed by atoms with Crippen molar-refractivity contribution in [1.29, 1.82) is 0 Å². The van der Waals surface area contributed by atoms with Crippen molar-refractivity contribution in [3.8, 4) is 0 Å². The normalized spacial score (nSPS) is 14.0. The summed E-state index contributed by atoms with van der Waals surface area (Å²) in [5, 5.41) is 10.4. The molecule has 21 heavy (non-hydrogen) atoms. The van der Waals surface area contributed by atoms with Crippen molar-refractivity contribution in [2.24, 2.45) is 0 Å². The fourth-order valence-electron chi connectivity index (χ4n) is 1.89.